The molecule has 0 saturated carbocycles. The second-order valence-corrected chi connectivity index (χ2v) is 2.83. The van der Waals surface area contributed by atoms with E-state index in [-0.39, 0.29) is 18.6 Å². The van der Waals surface area contributed by atoms with E-state index in [1.807, 2.05) is 0 Å². The normalized spacial score (nSPS) is 10.5. The van der Waals surface area contributed by atoms with Gasteiger partial charge in [0.15, 0.2) is 0 Å². The lowest BCUT2D eigenvalue weighted by Gasteiger charge is -2.04. The zero-order valence-electron chi connectivity index (χ0n) is 7.31. The molecule has 0 aromatic heterocycles. The van der Waals surface area contributed by atoms with E-state index in [9.17, 15) is 8.78 Å². The van der Waals surface area contributed by atoms with Crippen molar-refractivity contribution in [3.8, 4) is 0 Å². The summed E-state index contributed by atoms with van der Waals surface area (Å²) in [7, 11) is 0. The van der Waals surface area contributed by atoms with Crippen molar-refractivity contribution in [2.24, 2.45) is 5.90 Å². The van der Waals surface area contributed by atoms with Crippen LogP contribution in [0.15, 0.2) is 12.1 Å². The molecule has 1 aromatic carbocycles. The fourth-order valence-electron chi connectivity index (χ4n) is 1.13. The monoisotopic (exact) mass is 187 g/mol. The third-order valence-electron chi connectivity index (χ3n) is 1.76. The number of rotatable bonds is 3. The maximum Gasteiger partial charge on any atom is 0.129 e. The lowest BCUT2D eigenvalue weighted by atomic mass is 10.1. The molecule has 0 unspecified atom stereocenters. The van der Waals surface area contributed by atoms with Gasteiger partial charge in [0.25, 0.3) is 0 Å². The number of nitrogens with two attached hydrogens (primary N) is 1. The van der Waals surface area contributed by atoms with Gasteiger partial charge in [0.05, 0.1) is 6.61 Å². The Labute approximate surface area is 75.3 Å². The summed E-state index contributed by atoms with van der Waals surface area (Å²) in [6.45, 7) is 1.74. The van der Waals surface area contributed by atoms with E-state index in [0.717, 1.165) is 0 Å². The first-order valence-electron chi connectivity index (χ1n) is 3.91. The van der Waals surface area contributed by atoms with Gasteiger partial charge in [-0.15, -0.1) is 0 Å². The number of hydrogen-bond donors (Lipinski definition) is 1. The van der Waals surface area contributed by atoms with Gasteiger partial charge in [-0.1, -0.05) is 0 Å². The molecule has 1 aromatic rings. The Morgan fingerprint density at radius 2 is 1.85 bits per heavy atom. The largest absolute Gasteiger partial charge is 0.304 e. The van der Waals surface area contributed by atoms with E-state index in [1.165, 1.54) is 12.1 Å². The standard InChI is InChI=1S/C9H11F2NO/c1-6-4-8(10)7(2-3-13-12)9(11)5-6/h4-5H,2-3,12H2,1H3. The summed E-state index contributed by atoms with van der Waals surface area (Å²) in [4.78, 5) is 4.25. The molecular formula is C9H11F2NO. The van der Waals surface area contributed by atoms with Crippen LogP contribution >= 0.6 is 0 Å². The van der Waals surface area contributed by atoms with E-state index in [0.29, 0.717) is 5.56 Å². The highest BCUT2D eigenvalue weighted by atomic mass is 19.1. The van der Waals surface area contributed by atoms with Gasteiger partial charge in [-0.25, -0.2) is 14.7 Å². The Morgan fingerprint density at radius 1 is 1.31 bits per heavy atom. The Kier molecular flexibility index (Phi) is 3.33. The van der Waals surface area contributed by atoms with Gasteiger partial charge < -0.3 is 4.84 Å². The maximum atomic E-state index is 13.1. The summed E-state index contributed by atoms with van der Waals surface area (Å²) in [5, 5.41) is 0. The van der Waals surface area contributed by atoms with Crippen LogP contribution in [0.2, 0.25) is 0 Å². The minimum atomic E-state index is -0.547. The first kappa shape index (κ1) is 10.1. The average Bonchev–Trinajstić information content (AvgIpc) is 2.02. The minimum absolute atomic E-state index is 0.0241. The fraction of sp³-hybridized carbons (Fsp3) is 0.333. The first-order chi connectivity index (χ1) is 6.15. The lowest BCUT2D eigenvalue weighted by Crippen LogP contribution is -2.07. The second kappa shape index (κ2) is 4.30. The van der Waals surface area contributed by atoms with E-state index >= 15 is 0 Å². The Balaban J connectivity index is 2.92. The van der Waals surface area contributed by atoms with Crippen LogP contribution in [0.5, 0.6) is 0 Å². The SMILES string of the molecule is Cc1cc(F)c(CCON)c(F)c1. The van der Waals surface area contributed by atoms with E-state index in [4.69, 9.17) is 5.90 Å². The van der Waals surface area contributed by atoms with Gasteiger partial charge in [-0.3, -0.25) is 0 Å². The molecule has 0 atom stereocenters. The van der Waals surface area contributed by atoms with Crippen molar-refractivity contribution in [3.05, 3.63) is 34.9 Å². The molecule has 0 fully saturated rings. The lowest BCUT2D eigenvalue weighted by molar-refractivity contribution is 0.140. The van der Waals surface area contributed by atoms with Gasteiger partial charge in [0.2, 0.25) is 0 Å². The van der Waals surface area contributed by atoms with Crippen molar-refractivity contribution < 1.29 is 13.6 Å². The number of aryl methyl sites for hydroxylation is 1. The fourth-order valence-corrected chi connectivity index (χ4v) is 1.13. The highest BCUT2D eigenvalue weighted by Gasteiger charge is 2.09. The minimum Gasteiger partial charge on any atom is -0.304 e. The number of benzene rings is 1. The third-order valence-corrected chi connectivity index (χ3v) is 1.76. The van der Waals surface area contributed by atoms with Crippen molar-refractivity contribution in [2.75, 3.05) is 6.61 Å². The quantitative estimate of drug-likeness (QED) is 0.731. The van der Waals surface area contributed by atoms with Crippen molar-refractivity contribution in [2.45, 2.75) is 13.3 Å². The molecule has 0 aliphatic carbocycles. The maximum absolute atomic E-state index is 13.1. The van der Waals surface area contributed by atoms with Crippen LogP contribution in [0.4, 0.5) is 8.78 Å². The summed E-state index contributed by atoms with van der Waals surface area (Å²) in [6, 6.07) is 2.57. The molecule has 0 bridgehead atoms. The summed E-state index contributed by atoms with van der Waals surface area (Å²) < 4.78 is 26.2. The third kappa shape index (κ3) is 2.47. The van der Waals surface area contributed by atoms with Crippen LogP contribution in [0, 0.1) is 18.6 Å². The smallest absolute Gasteiger partial charge is 0.129 e. The van der Waals surface area contributed by atoms with Crippen LogP contribution in [-0.4, -0.2) is 6.61 Å². The first-order valence-corrected chi connectivity index (χ1v) is 3.91. The zero-order valence-corrected chi connectivity index (χ0v) is 7.31. The van der Waals surface area contributed by atoms with Crippen molar-refractivity contribution in [1.29, 1.82) is 0 Å². The van der Waals surface area contributed by atoms with Crippen LogP contribution in [0.1, 0.15) is 11.1 Å². The molecule has 0 aliphatic heterocycles. The van der Waals surface area contributed by atoms with Gasteiger partial charge in [0, 0.05) is 12.0 Å². The molecule has 13 heavy (non-hydrogen) atoms. The predicted octanol–water partition coefficient (Wildman–Crippen LogP) is 1.71. The van der Waals surface area contributed by atoms with Crippen LogP contribution in [0.3, 0.4) is 0 Å². The highest BCUT2D eigenvalue weighted by molar-refractivity contribution is 5.25. The molecule has 4 heteroatoms. The molecule has 0 radical (unpaired) electrons. The van der Waals surface area contributed by atoms with Gasteiger partial charge in [-0.2, -0.15) is 0 Å². The van der Waals surface area contributed by atoms with Crippen LogP contribution < -0.4 is 5.90 Å². The van der Waals surface area contributed by atoms with Crippen LogP contribution in [-0.2, 0) is 11.3 Å². The van der Waals surface area contributed by atoms with Gasteiger partial charge in [-0.05, 0) is 24.6 Å². The molecule has 0 amide bonds. The Morgan fingerprint density at radius 3 is 2.31 bits per heavy atom. The van der Waals surface area contributed by atoms with E-state index in [2.05, 4.69) is 4.84 Å². The molecule has 72 valence electrons. The molecule has 0 saturated heterocycles. The van der Waals surface area contributed by atoms with Crippen LogP contribution in [0.25, 0.3) is 0 Å². The van der Waals surface area contributed by atoms with Crippen molar-refractivity contribution in [3.63, 3.8) is 0 Å². The van der Waals surface area contributed by atoms with Gasteiger partial charge >= 0.3 is 0 Å². The summed E-state index contributed by atoms with van der Waals surface area (Å²) >= 11 is 0. The average molecular weight is 187 g/mol. The number of hydrogen-bond acceptors (Lipinski definition) is 2. The predicted molar refractivity (Wildman–Crippen MR) is 44.9 cm³/mol. The summed E-state index contributed by atoms with van der Waals surface area (Å²) in [6.07, 6.45) is 0.147. The molecule has 2 N–H and O–H groups in total. The summed E-state index contributed by atoms with van der Waals surface area (Å²) in [5.74, 6) is 3.67. The Bertz CT molecular complexity index is 279. The van der Waals surface area contributed by atoms with E-state index < -0.39 is 11.6 Å². The topological polar surface area (TPSA) is 35.2 Å². The zero-order chi connectivity index (χ0) is 9.84. The number of halogens is 2. The van der Waals surface area contributed by atoms with Crippen molar-refractivity contribution in [1.82, 2.24) is 0 Å². The molecule has 0 heterocycles. The highest BCUT2D eigenvalue weighted by Crippen LogP contribution is 2.15. The Hall–Kier alpha value is -1.00. The van der Waals surface area contributed by atoms with Gasteiger partial charge in [0.1, 0.15) is 11.6 Å². The molecule has 0 spiro atoms. The molecular weight excluding hydrogens is 176 g/mol. The molecule has 1 rings (SSSR count). The van der Waals surface area contributed by atoms with E-state index in [1.54, 1.807) is 6.92 Å². The molecule has 0 aliphatic rings. The van der Waals surface area contributed by atoms with Crippen molar-refractivity contribution >= 4 is 0 Å². The molecule has 2 nitrogen and oxygen atoms in total. The second-order valence-electron chi connectivity index (χ2n) is 2.83. The summed E-state index contributed by atoms with van der Waals surface area (Å²) in [5.41, 5.74) is 0.587.